The molecule has 0 aliphatic heterocycles. The molecule has 0 aliphatic carbocycles. The van der Waals surface area contributed by atoms with Crippen molar-refractivity contribution in [3.05, 3.63) is 69.7 Å². The van der Waals surface area contributed by atoms with E-state index in [2.05, 4.69) is 20.7 Å². The van der Waals surface area contributed by atoms with Gasteiger partial charge in [0.25, 0.3) is 5.91 Å². The number of amides is 1. The number of hydrogen-bond acceptors (Lipinski definition) is 8. The third-order valence-electron chi connectivity index (χ3n) is 5.01. The first-order valence-corrected chi connectivity index (χ1v) is 10.8. The van der Waals surface area contributed by atoms with Crippen molar-refractivity contribution in [2.24, 2.45) is 0 Å². The molecule has 178 valence electrons. The van der Waals surface area contributed by atoms with Crippen molar-refractivity contribution in [3.63, 3.8) is 0 Å². The van der Waals surface area contributed by atoms with Crippen molar-refractivity contribution < 1.29 is 22.5 Å². The summed E-state index contributed by atoms with van der Waals surface area (Å²) in [4.78, 5) is 13.2. The molecule has 3 heterocycles. The Labute approximate surface area is 197 Å². The van der Waals surface area contributed by atoms with E-state index in [9.17, 15) is 18.0 Å². The fourth-order valence-electron chi connectivity index (χ4n) is 3.40. The fourth-order valence-corrected chi connectivity index (χ4v) is 4.04. The average molecular weight is 500 g/mol. The minimum absolute atomic E-state index is 0.0557. The number of halogens is 3. The van der Waals surface area contributed by atoms with E-state index in [1.807, 2.05) is 0 Å². The number of nitrogens with zero attached hydrogens (tertiary/aromatic N) is 5. The smallest absolute Gasteiger partial charge is 0.380 e. The Morgan fingerprint density at radius 2 is 1.80 bits per heavy atom. The molecular formula is C21H15F3N8O2S. The van der Waals surface area contributed by atoms with Crippen LogP contribution in [0.3, 0.4) is 0 Å². The Balaban J connectivity index is 1.49. The second-order valence-electron chi connectivity index (χ2n) is 7.41. The van der Waals surface area contributed by atoms with Gasteiger partial charge in [-0.3, -0.25) is 10.2 Å². The van der Waals surface area contributed by atoms with Crippen molar-refractivity contribution in [2.75, 3.05) is 11.1 Å². The van der Waals surface area contributed by atoms with Crippen LogP contribution in [-0.2, 0) is 6.18 Å². The highest BCUT2D eigenvalue weighted by Crippen LogP contribution is 2.31. The first-order valence-electron chi connectivity index (χ1n) is 9.96. The number of nitrogens with two attached hydrogens (primary N) is 1. The minimum Gasteiger partial charge on any atom is -0.380 e. The zero-order valence-electron chi connectivity index (χ0n) is 17.8. The van der Waals surface area contributed by atoms with Gasteiger partial charge in [0, 0.05) is 11.8 Å². The molecule has 0 radical (unpaired) electrons. The number of carbonyl (C=O) groups is 1. The van der Waals surface area contributed by atoms with Crippen molar-refractivity contribution in [1.82, 2.24) is 24.7 Å². The van der Waals surface area contributed by atoms with Crippen LogP contribution in [-0.4, -0.2) is 30.6 Å². The van der Waals surface area contributed by atoms with E-state index in [0.717, 1.165) is 4.68 Å². The first-order chi connectivity index (χ1) is 16.6. The van der Waals surface area contributed by atoms with Crippen LogP contribution in [0.4, 0.5) is 24.7 Å². The number of alkyl halides is 3. The second-order valence-corrected chi connectivity index (χ2v) is 8.59. The molecule has 0 fully saturated rings. The van der Waals surface area contributed by atoms with Crippen LogP contribution in [0.25, 0.3) is 22.3 Å². The first kappa shape index (κ1) is 22.3. The molecule has 0 unspecified atom stereocenters. The van der Waals surface area contributed by atoms with Gasteiger partial charge in [-0.1, -0.05) is 16.5 Å². The van der Waals surface area contributed by atoms with Gasteiger partial charge in [-0.2, -0.15) is 23.4 Å². The van der Waals surface area contributed by atoms with Gasteiger partial charge in [0.05, 0.1) is 16.8 Å². The lowest BCUT2D eigenvalue weighted by molar-refractivity contribution is -0.141. The topological polar surface area (TPSA) is 141 Å². The summed E-state index contributed by atoms with van der Waals surface area (Å²) in [5.41, 5.74) is 5.62. The van der Waals surface area contributed by atoms with Gasteiger partial charge in [0.2, 0.25) is 4.80 Å². The van der Waals surface area contributed by atoms with E-state index in [0.29, 0.717) is 33.4 Å². The maximum absolute atomic E-state index is 13.4. The van der Waals surface area contributed by atoms with Crippen molar-refractivity contribution in [1.29, 1.82) is 5.41 Å². The molecule has 4 N–H and O–H groups in total. The zero-order chi connectivity index (χ0) is 24.9. The van der Waals surface area contributed by atoms with Crippen LogP contribution in [0.5, 0.6) is 0 Å². The number of fused-ring (bicyclic) bond motifs is 1. The molecule has 0 atom stereocenters. The third kappa shape index (κ3) is 4.14. The normalized spacial score (nSPS) is 11.8. The van der Waals surface area contributed by atoms with Crippen LogP contribution < -0.4 is 15.9 Å². The van der Waals surface area contributed by atoms with E-state index in [1.165, 1.54) is 34.2 Å². The van der Waals surface area contributed by atoms with E-state index in [1.54, 1.807) is 31.2 Å². The molecule has 0 saturated carbocycles. The number of carbonyl (C=O) groups excluding carboxylic acids is 1. The van der Waals surface area contributed by atoms with Crippen molar-refractivity contribution in [3.8, 4) is 11.4 Å². The van der Waals surface area contributed by atoms with Crippen LogP contribution in [0.1, 0.15) is 21.2 Å². The van der Waals surface area contributed by atoms with E-state index < -0.39 is 17.8 Å². The van der Waals surface area contributed by atoms with Gasteiger partial charge in [-0.15, -0.1) is 0 Å². The second kappa shape index (κ2) is 8.09. The summed E-state index contributed by atoms with van der Waals surface area (Å²) in [5.74, 6) is -0.752. The molecule has 3 aromatic heterocycles. The van der Waals surface area contributed by atoms with Crippen LogP contribution in [0.15, 0.2) is 53.1 Å². The molecule has 0 aliphatic rings. The van der Waals surface area contributed by atoms with Crippen LogP contribution in [0, 0.1) is 12.3 Å². The lowest BCUT2D eigenvalue weighted by Crippen LogP contribution is -2.17. The fraction of sp³-hybridized carbons (Fsp3) is 0.0952. The highest BCUT2D eigenvalue weighted by Gasteiger charge is 2.36. The molecular weight excluding hydrogens is 485 g/mol. The SMILES string of the molecule is Cc1nn(-c2ccc(NC(=O)c3cc(C(F)(F)F)nn3-c3ccc4onc(N)c4c3)cc2)c(=N)s1. The summed E-state index contributed by atoms with van der Waals surface area (Å²) < 4.78 is 47.6. The molecule has 5 aromatic rings. The molecule has 0 bridgehead atoms. The Bertz CT molecular complexity index is 1630. The molecule has 0 saturated heterocycles. The number of nitrogens with one attached hydrogen (secondary N) is 2. The number of nitrogen functional groups attached to an aromatic ring is 1. The van der Waals surface area contributed by atoms with Gasteiger partial charge < -0.3 is 15.6 Å². The molecule has 35 heavy (non-hydrogen) atoms. The molecule has 14 heteroatoms. The highest BCUT2D eigenvalue weighted by molar-refractivity contribution is 7.08. The number of hydrogen-bond donors (Lipinski definition) is 3. The summed E-state index contributed by atoms with van der Waals surface area (Å²) in [6.07, 6.45) is -4.76. The number of aryl methyl sites for hydroxylation is 1. The van der Waals surface area contributed by atoms with E-state index in [4.69, 9.17) is 15.7 Å². The van der Waals surface area contributed by atoms with Gasteiger partial charge >= 0.3 is 6.18 Å². The average Bonchev–Trinajstić information content (AvgIpc) is 3.51. The molecule has 2 aromatic carbocycles. The van der Waals surface area contributed by atoms with Crippen LogP contribution >= 0.6 is 11.3 Å². The largest absolute Gasteiger partial charge is 0.435 e. The molecule has 5 rings (SSSR count). The Morgan fingerprint density at radius 3 is 2.46 bits per heavy atom. The van der Waals surface area contributed by atoms with Gasteiger partial charge in [0.15, 0.2) is 17.1 Å². The Morgan fingerprint density at radius 1 is 1.09 bits per heavy atom. The van der Waals surface area contributed by atoms with Crippen molar-refractivity contribution in [2.45, 2.75) is 13.1 Å². The predicted molar refractivity (Wildman–Crippen MR) is 121 cm³/mol. The summed E-state index contributed by atoms with van der Waals surface area (Å²) in [6.45, 7) is 1.78. The number of benzene rings is 2. The minimum atomic E-state index is -4.76. The Hall–Kier alpha value is -4.46. The van der Waals surface area contributed by atoms with Gasteiger partial charge in [-0.05, 0) is 49.4 Å². The number of rotatable bonds is 4. The maximum atomic E-state index is 13.4. The van der Waals surface area contributed by atoms with E-state index in [-0.39, 0.29) is 22.0 Å². The lowest BCUT2D eigenvalue weighted by Gasteiger charge is -2.09. The zero-order valence-corrected chi connectivity index (χ0v) is 18.6. The van der Waals surface area contributed by atoms with Gasteiger partial charge in [0.1, 0.15) is 10.7 Å². The maximum Gasteiger partial charge on any atom is 0.435 e. The summed E-state index contributed by atoms with van der Waals surface area (Å²) in [7, 11) is 0. The highest BCUT2D eigenvalue weighted by atomic mass is 32.1. The van der Waals surface area contributed by atoms with Gasteiger partial charge in [-0.25, -0.2) is 9.36 Å². The van der Waals surface area contributed by atoms with E-state index >= 15 is 0 Å². The standard InChI is InChI=1S/C21H15F3N8O2S/c1-10-28-32(20(26)35-10)12-4-2-11(3-5-12)27-19(33)15-9-17(21(22,23)24)29-31(15)13-6-7-16-14(8-13)18(25)30-34-16/h2-9,26H,1H3,(H2,25,30)(H,27,33). The predicted octanol–water partition coefficient (Wildman–Crippen LogP) is 3.90. The monoisotopic (exact) mass is 500 g/mol. The van der Waals surface area contributed by atoms with Crippen molar-refractivity contribution >= 4 is 39.7 Å². The summed E-state index contributed by atoms with van der Waals surface area (Å²) >= 11 is 1.21. The molecule has 0 spiro atoms. The van der Waals surface area contributed by atoms with Crippen LogP contribution in [0.2, 0.25) is 0 Å². The third-order valence-corrected chi connectivity index (χ3v) is 5.75. The molecule has 1 amide bonds. The Kier molecular flexibility index (Phi) is 5.16. The number of aromatic nitrogens is 5. The summed E-state index contributed by atoms with van der Waals surface area (Å²) in [6, 6.07) is 11.4. The molecule has 10 nitrogen and oxygen atoms in total. The summed E-state index contributed by atoms with van der Waals surface area (Å²) in [5, 5.41) is 23.1. The lowest BCUT2D eigenvalue weighted by atomic mass is 10.2. The quantitative estimate of drug-likeness (QED) is 0.342. The number of anilines is 2.